The summed E-state index contributed by atoms with van der Waals surface area (Å²) < 4.78 is 5.13. The molecule has 0 radical (unpaired) electrons. The van der Waals surface area contributed by atoms with Gasteiger partial charge in [0.1, 0.15) is 0 Å². The molecule has 4 heteroatoms. The number of thioether (sulfide) groups is 1. The highest BCUT2D eigenvalue weighted by atomic mass is 32.2. The summed E-state index contributed by atoms with van der Waals surface area (Å²) in [6, 6.07) is 1.89. The number of ether oxygens (including phenoxy) is 1. The Morgan fingerprint density at radius 2 is 1.93 bits per heavy atom. The first-order chi connectivity index (χ1) is 6.47. The number of hydrogen-bond acceptors (Lipinski definition) is 4. The number of nitrogens with zero attached hydrogens (tertiary/aromatic N) is 2. The maximum absolute atomic E-state index is 5.13. The molecule has 78 valence electrons. The Balaban J connectivity index is 3.17. The van der Waals surface area contributed by atoms with E-state index in [0.29, 0.717) is 5.88 Å². The minimum Gasteiger partial charge on any atom is -0.481 e. The fraction of sp³-hybridized carbons (Fsp3) is 0.600. The molecule has 0 bridgehead atoms. The molecule has 0 atom stereocenters. The summed E-state index contributed by atoms with van der Waals surface area (Å²) in [4.78, 5) is 8.66. The Hall–Kier alpha value is -0.770. The molecule has 0 N–H and O–H groups in total. The molecule has 0 saturated heterocycles. The smallest absolute Gasteiger partial charge is 0.217 e. The van der Waals surface area contributed by atoms with Gasteiger partial charge < -0.3 is 4.74 Å². The largest absolute Gasteiger partial charge is 0.481 e. The Morgan fingerprint density at radius 1 is 1.29 bits per heavy atom. The van der Waals surface area contributed by atoms with Gasteiger partial charge in [0.2, 0.25) is 5.88 Å². The molecule has 1 aromatic rings. The van der Waals surface area contributed by atoms with Crippen LogP contribution in [0.2, 0.25) is 0 Å². The van der Waals surface area contributed by atoms with Crippen LogP contribution in [0.3, 0.4) is 0 Å². The molecular weight excluding hydrogens is 196 g/mol. The Bertz CT molecular complexity index is 298. The van der Waals surface area contributed by atoms with E-state index in [1.54, 1.807) is 7.11 Å². The van der Waals surface area contributed by atoms with Gasteiger partial charge in [-0.15, -0.1) is 0 Å². The van der Waals surface area contributed by atoms with Gasteiger partial charge >= 0.3 is 0 Å². The lowest BCUT2D eigenvalue weighted by atomic mass is 9.92. The zero-order valence-corrected chi connectivity index (χ0v) is 10.1. The predicted molar refractivity (Wildman–Crippen MR) is 59.1 cm³/mol. The third kappa shape index (κ3) is 2.61. The van der Waals surface area contributed by atoms with Crippen LogP contribution in [0.1, 0.15) is 26.5 Å². The van der Waals surface area contributed by atoms with E-state index < -0.39 is 0 Å². The van der Waals surface area contributed by atoms with E-state index in [9.17, 15) is 0 Å². The molecule has 0 fully saturated rings. The van der Waals surface area contributed by atoms with E-state index in [2.05, 4.69) is 30.7 Å². The van der Waals surface area contributed by atoms with Gasteiger partial charge in [-0.05, 0) is 6.26 Å². The van der Waals surface area contributed by atoms with Crippen LogP contribution in [0.5, 0.6) is 5.88 Å². The van der Waals surface area contributed by atoms with Gasteiger partial charge in [-0.25, -0.2) is 4.98 Å². The number of hydrogen-bond donors (Lipinski definition) is 0. The van der Waals surface area contributed by atoms with Crippen molar-refractivity contribution in [2.75, 3.05) is 13.4 Å². The van der Waals surface area contributed by atoms with E-state index in [0.717, 1.165) is 10.9 Å². The SMILES string of the molecule is COc1cc(C(C)(C)C)nc(SC)n1. The van der Waals surface area contributed by atoms with Gasteiger partial charge in [-0.2, -0.15) is 4.98 Å². The van der Waals surface area contributed by atoms with Gasteiger partial charge in [-0.1, -0.05) is 32.5 Å². The second kappa shape index (κ2) is 4.17. The molecule has 0 saturated carbocycles. The Labute approximate surface area is 89.3 Å². The number of aromatic nitrogens is 2. The fourth-order valence-corrected chi connectivity index (χ4v) is 1.35. The van der Waals surface area contributed by atoms with Gasteiger partial charge in [0, 0.05) is 11.5 Å². The molecule has 0 aliphatic heterocycles. The highest BCUT2D eigenvalue weighted by Crippen LogP contribution is 2.25. The Morgan fingerprint density at radius 3 is 2.36 bits per heavy atom. The summed E-state index contributed by atoms with van der Waals surface area (Å²) in [6.45, 7) is 6.37. The van der Waals surface area contributed by atoms with Crippen molar-refractivity contribution >= 4 is 11.8 Å². The van der Waals surface area contributed by atoms with Crippen molar-refractivity contribution in [2.24, 2.45) is 0 Å². The summed E-state index contributed by atoms with van der Waals surface area (Å²) in [5.41, 5.74) is 1.04. The molecule has 0 aliphatic carbocycles. The van der Waals surface area contributed by atoms with Crippen molar-refractivity contribution in [3.8, 4) is 5.88 Å². The van der Waals surface area contributed by atoms with Crippen molar-refractivity contribution in [3.63, 3.8) is 0 Å². The molecule has 1 rings (SSSR count). The first-order valence-corrected chi connectivity index (χ1v) is 5.67. The van der Waals surface area contributed by atoms with Crippen LogP contribution >= 0.6 is 11.8 Å². The number of rotatable bonds is 2. The van der Waals surface area contributed by atoms with Crippen LogP contribution in [0.25, 0.3) is 0 Å². The average molecular weight is 212 g/mol. The van der Waals surface area contributed by atoms with Gasteiger partial charge in [0.05, 0.1) is 12.8 Å². The van der Waals surface area contributed by atoms with Crippen molar-refractivity contribution in [1.29, 1.82) is 0 Å². The molecule has 0 amide bonds. The lowest BCUT2D eigenvalue weighted by molar-refractivity contribution is 0.388. The molecule has 0 spiro atoms. The Kier molecular flexibility index (Phi) is 3.37. The standard InChI is InChI=1S/C10H16N2OS/c1-10(2,3)7-6-8(13-4)12-9(11-7)14-5/h6H,1-5H3. The van der Waals surface area contributed by atoms with Crippen LogP contribution in [-0.4, -0.2) is 23.3 Å². The van der Waals surface area contributed by atoms with E-state index in [4.69, 9.17) is 4.74 Å². The molecule has 0 unspecified atom stereocenters. The minimum absolute atomic E-state index is 0.0285. The molecule has 14 heavy (non-hydrogen) atoms. The van der Waals surface area contributed by atoms with Crippen molar-refractivity contribution in [1.82, 2.24) is 9.97 Å². The van der Waals surface area contributed by atoms with Crippen LogP contribution in [0.4, 0.5) is 0 Å². The molecule has 1 heterocycles. The summed E-state index contributed by atoms with van der Waals surface area (Å²) in [6.07, 6.45) is 1.96. The van der Waals surface area contributed by atoms with Crippen molar-refractivity contribution in [2.45, 2.75) is 31.3 Å². The quantitative estimate of drug-likeness (QED) is 0.557. The van der Waals surface area contributed by atoms with Crippen LogP contribution < -0.4 is 4.74 Å². The summed E-state index contributed by atoms with van der Waals surface area (Å²) >= 11 is 1.53. The lowest BCUT2D eigenvalue weighted by Gasteiger charge is -2.18. The average Bonchev–Trinajstić information content (AvgIpc) is 2.15. The summed E-state index contributed by atoms with van der Waals surface area (Å²) in [5, 5.41) is 0.759. The first kappa shape index (κ1) is 11.3. The minimum atomic E-state index is 0.0285. The number of methoxy groups -OCH3 is 1. The summed E-state index contributed by atoms with van der Waals surface area (Å²) in [7, 11) is 1.62. The second-order valence-electron chi connectivity index (χ2n) is 4.03. The van der Waals surface area contributed by atoms with E-state index >= 15 is 0 Å². The van der Waals surface area contributed by atoms with Gasteiger partial charge in [0.15, 0.2) is 5.16 Å². The van der Waals surface area contributed by atoms with E-state index in [-0.39, 0.29) is 5.41 Å². The first-order valence-electron chi connectivity index (χ1n) is 4.45. The lowest BCUT2D eigenvalue weighted by Crippen LogP contribution is -2.14. The molecule has 0 aromatic carbocycles. The van der Waals surface area contributed by atoms with E-state index in [1.165, 1.54) is 11.8 Å². The fourth-order valence-electron chi connectivity index (χ4n) is 0.984. The zero-order chi connectivity index (χ0) is 10.8. The highest BCUT2D eigenvalue weighted by molar-refractivity contribution is 7.98. The second-order valence-corrected chi connectivity index (χ2v) is 4.81. The van der Waals surface area contributed by atoms with Crippen molar-refractivity contribution in [3.05, 3.63) is 11.8 Å². The molecule has 3 nitrogen and oxygen atoms in total. The molecule has 1 aromatic heterocycles. The van der Waals surface area contributed by atoms with Gasteiger partial charge in [0.25, 0.3) is 0 Å². The normalized spacial score (nSPS) is 11.5. The van der Waals surface area contributed by atoms with Crippen LogP contribution in [0, 0.1) is 0 Å². The predicted octanol–water partition coefficient (Wildman–Crippen LogP) is 2.50. The van der Waals surface area contributed by atoms with Crippen LogP contribution in [0.15, 0.2) is 11.2 Å². The monoisotopic (exact) mass is 212 g/mol. The van der Waals surface area contributed by atoms with Crippen molar-refractivity contribution < 1.29 is 4.74 Å². The van der Waals surface area contributed by atoms with Crippen LogP contribution in [-0.2, 0) is 5.41 Å². The highest BCUT2D eigenvalue weighted by Gasteiger charge is 2.17. The molecular formula is C10H16N2OS. The molecule has 0 aliphatic rings. The third-order valence-corrected chi connectivity index (χ3v) is 2.39. The zero-order valence-electron chi connectivity index (χ0n) is 9.29. The topological polar surface area (TPSA) is 35.0 Å². The van der Waals surface area contributed by atoms with Gasteiger partial charge in [-0.3, -0.25) is 0 Å². The summed E-state index contributed by atoms with van der Waals surface area (Å²) in [5.74, 6) is 0.634. The van der Waals surface area contributed by atoms with E-state index in [1.807, 2.05) is 12.3 Å². The maximum atomic E-state index is 5.13. The maximum Gasteiger partial charge on any atom is 0.217 e. The third-order valence-electron chi connectivity index (χ3n) is 1.84.